The van der Waals surface area contributed by atoms with Crippen LogP contribution in [-0.2, 0) is 4.79 Å². The van der Waals surface area contributed by atoms with Crippen molar-refractivity contribution in [3.63, 3.8) is 0 Å². The zero-order chi connectivity index (χ0) is 11.7. The van der Waals surface area contributed by atoms with E-state index in [9.17, 15) is 9.18 Å². The van der Waals surface area contributed by atoms with Gasteiger partial charge in [0.1, 0.15) is 5.82 Å². The highest BCUT2D eigenvalue weighted by molar-refractivity contribution is 14.1. The first-order valence-corrected chi connectivity index (χ1v) is 6.41. The molecular formula is C12H13FINO. The van der Waals surface area contributed by atoms with E-state index >= 15 is 0 Å². The van der Waals surface area contributed by atoms with Crippen molar-refractivity contribution >= 4 is 34.2 Å². The number of carbonyl (C=O) groups excluding carboxylic acids is 1. The number of amides is 1. The molecule has 1 atom stereocenters. The molecule has 0 aliphatic heterocycles. The van der Waals surface area contributed by atoms with Gasteiger partial charge in [-0.25, -0.2) is 4.39 Å². The highest BCUT2D eigenvalue weighted by Crippen LogP contribution is 2.37. The minimum Gasteiger partial charge on any atom is -0.325 e. The average molecular weight is 333 g/mol. The van der Waals surface area contributed by atoms with Crippen LogP contribution >= 0.6 is 22.6 Å². The third-order valence-electron chi connectivity index (χ3n) is 2.93. The third-order valence-corrected chi connectivity index (χ3v) is 3.82. The van der Waals surface area contributed by atoms with Crippen LogP contribution in [0.2, 0.25) is 0 Å². The molecule has 0 saturated heterocycles. The van der Waals surface area contributed by atoms with Crippen LogP contribution in [0.15, 0.2) is 18.2 Å². The lowest BCUT2D eigenvalue weighted by molar-refractivity contribution is -0.119. The first-order chi connectivity index (χ1) is 7.58. The molecule has 1 aliphatic carbocycles. The summed E-state index contributed by atoms with van der Waals surface area (Å²) in [5, 5.41) is 2.85. The number of benzene rings is 1. The van der Waals surface area contributed by atoms with Crippen molar-refractivity contribution in [3.05, 3.63) is 27.6 Å². The number of hydrogen-bond acceptors (Lipinski definition) is 1. The van der Waals surface area contributed by atoms with E-state index in [2.05, 4.69) is 5.32 Å². The van der Waals surface area contributed by atoms with Gasteiger partial charge in [0, 0.05) is 9.49 Å². The number of nitrogens with one attached hydrogen (secondary N) is 1. The van der Waals surface area contributed by atoms with E-state index in [1.807, 2.05) is 29.5 Å². The largest absolute Gasteiger partial charge is 0.325 e. The summed E-state index contributed by atoms with van der Waals surface area (Å²) >= 11 is 2.02. The normalized spacial score (nSPS) is 16.9. The van der Waals surface area contributed by atoms with E-state index in [-0.39, 0.29) is 17.6 Å². The Morgan fingerprint density at radius 3 is 2.81 bits per heavy atom. The third kappa shape index (κ3) is 2.72. The van der Waals surface area contributed by atoms with E-state index in [1.165, 1.54) is 12.1 Å². The zero-order valence-electron chi connectivity index (χ0n) is 8.97. The molecule has 1 aromatic carbocycles. The van der Waals surface area contributed by atoms with Crippen molar-refractivity contribution in [1.29, 1.82) is 0 Å². The highest BCUT2D eigenvalue weighted by Gasteiger charge is 2.32. The van der Waals surface area contributed by atoms with Gasteiger partial charge in [0.15, 0.2) is 0 Å². The molecule has 2 nitrogen and oxygen atoms in total. The Hall–Kier alpha value is -0.650. The van der Waals surface area contributed by atoms with E-state index in [4.69, 9.17) is 0 Å². The molecule has 1 saturated carbocycles. The van der Waals surface area contributed by atoms with Crippen molar-refractivity contribution in [2.24, 2.45) is 11.8 Å². The molecule has 1 unspecified atom stereocenters. The van der Waals surface area contributed by atoms with Gasteiger partial charge in [-0.05, 0) is 59.5 Å². The lowest BCUT2D eigenvalue weighted by Crippen LogP contribution is -2.22. The van der Waals surface area contributed by atoms with Gasteiger partial charge in [-0.2, -0.15) is 0 Å². The Kier molecular flexibility index (Phi) is 3.47. The van der Waals surface area contributed by atoms with Gasteiger partial charge in [0.25, 0.3) is 0 Å². The fourth-order valence-corrected chi connectivity index (χ4v) is 2.26. The molecular weight excluding hydrogens is 320 g/mol. The summed E-state index contributed by atoms with van der Waals surface area (Å²) in [5.41, 5.74) is 0.694. The Morgan fingerprint density at radius 1 is 1.56 bits per heavy atom. The van der Waals surface area contributed by atoms with E-state index in [1.54, 1.807) is 6.07 Å². The zero-order valence-corrected chi connectivity index (χ0v) is 11.1. The lowest BCUT2D eigenvalue weighted by Gasteiger charge is -2.12. The van der Waals surface area contributed by atoms with Crippen LogP contribution < -0.4 is 5.32 Å². The first-order valence-electron chi connectivity index (χ1n) is 5.34. The highest BCUT2D eigenvalue weighted by atomic mass is 127. The van der Waals surface area contributed by atoms with Crippen LogP contribution in [0.3, 0.4) is 0 Å². The Bertz CT molecular complexity index is 417. The van der Waals surface area contributed by atoms with Crippen molar-refractivity contribution in [2.45, 2.75) is 19.8 Å². The van der Waals surface area contributed by atoms with Gasteiger partial charge in [-0.1, -0.05) is 6.92 Å². The molecule has 1 N–H and O–H groups in total. The topological polar surface area (TPSA) is 29.1 Å². The van der Waals surface area contributed by atoms with Gasteiger partial charge in [-0.15, -0.1) is 0 Å². The predicted octanol–water partition coefficient (Wildman–Crippen LogP) is 3.41. The summed E-state index contributed by atoms with van der Waals surface area (Å²) in [5.74, 6) is 0.351. The molecule has 0 radical (unpaired) electrons. The molecule has 1 aromatic rings. The SMILES string of the molecule is CC(C(=O)Nc1ccc(F)cc1I)C1CC1. The Balaban J connectivity index is 2.05. The van der Waals surface area contributed by atoms with Gasteiger partial charge in [0.2, 0.25) is 5.91 Å². The van der Waals surface area contributed by atoms with Crippen LogP contribution in [0.5, 0.6) is 0 Å². The standard InChI is InChI=1S/C12H13FINO/c1-7(8-2-3-8)12(16)15-11-5-4-9(13)6-10(11)14/h4-8H,2-3H2,1H3,(H,15,16). The molecule has 16 heavy (non-hydrogen) atoms. The second-order valence-electron chi connectivity index (χ2n) is 4.24. The number of anilines is 1. The molecule has 0 aromatic heterocycles. The van der Waals surface area contributed by atoms with Crippen molar-refractivity contribution < 1.29 is 9.18 Å². The maximum Gasteiger partial charge on any atom is 0.227 e. The van der Waals surface area contributed by atoms with E-state index < -0.39 is 0 Å². The second-order valence-corrected chi connectivity index (χ2v) is 5.40. The predicted molar refractivity (Wildman–Crippen MR) is 69.6 cm³/mol. The second kappa shape index (κ2) is 4.69. The summed E-state index contributed by atoms with van der Waals surface area (Å²) in [4.78, 5) is 11.8. The number of rotatable bonds is 3. The van der Waals surface area contributed by atoms with Gasteiger partial charge in [-0.3, -0.25) is 4.79 Å². The number of hydrogen-bond donors (Lipinski definition) is 1. The van der Waals surface area contributed by atoms with Crippen molar-refractivity contribution in [3.8, 4) is 0 Å². The summed E-state index contributed by atoms with van der Waals surface area (Å²) in [7, 11) is 0. The minimum absolute atomic E-state index is 0.0343. The quantitative estimate of drug-likeness (QED) is 0.844. The van der Waals surface area contributed by atoms with Crippen LogP contribution in [0.4, 0.5) is 10.1 Å². The van der Waals surface area contributed by atoms with E-state index in [0.29, 0.717) is 11.6 Å². The van der Waals surface area contributed by atoms with Crippen LogP contribution in [0, 0.1) is 21.2 Å². The summed E-state index contributed by atoms with van der Waals surface area (Å²) in [6.45, 7) is 1.95. The molecule has 1 amide bonds. The summed E-state index contributed by atoms with van der Waals surface area (Å²) in [6, 6.07) is 4.38. The molecule has 0 spiro atoms. The fraction of sp³-hybridized carbons (Fsp3) is 0.417. The molecule has 4 heteroatoms. The molecule has 2 rings (SSSR count). The van der Waals surface area contributed by atoms with Crippen molar-refractivity contribution in [1.82, 2.24) is 0 Å². The number of carbonyl (C=O) groups is 1. The first kappa shape index (κ1) is 11.8. The van der Waals surface area contributed by atoms with E-state index in [0.717, 1.165) is 16.4 Å². The minimum atomic E-state index is -0.280. The maximum atomic E-state index is 12.9. The van der Waals surface area contributed by atoms with Crippen molar-refractivity contribution in [2.75, 3.05) is 5.32 Å². The molecule has 0 bridgehead atoms. The lowest BCUT2D eigenvalue weighted by atomic mass is 10.1. The molecule has 86 valence electrons. The Labute approximate surface area is 108 Å². The summed E-state index contributed by atoms with van der Waals surface area (Å²) in [6.07, 6.45) is 2.30. The monoisotopic (exact) mass is 333 g/mol. The van der Waals surface area contributed by atoms with Crippen LogP contribution in [0.1, 0.15) is 19.8 Å². The average Bonchev–Trinajstić information content (AvgIpc) is 3.04. The molecule has 1 aliphatic rings. The Morgan fingerprint density at radius 2 is 2.25 bits per heavy atom. The van der Waals surface area contributed by atoms with Crippen LogP contribution in [-0.4, -0.2) is 5.91 Å². The van der Waals surface area contributed by atoms with Gasteiger partial charge in [0.05, 0.1) is 5.69 Å². The molecule has 1 fully saturated rings. The molecule has 0 heterocycles. The van der Waals surface area contributed by atoms with Gasteiger partial charge >= 0.3 is 0 Å². The van der Waals surface area contributed by atoms with Gasteiger partial charge < -0.3 is 5.32 Å². The number of halogens is 2. The summed E-state index contributed by atoms with van der Waals surface area (Å²) < 4.78 is 13.6. The smallest absolute Gasteiger partial charge is 0.227 e. The maximum absolute atomic E-state index is 12.9. The fourth-order valence-electron chi connectivity index (χ4n) is 1.65. The van der Waals surface area contributed by atoms with Crippen LogP contribution in [0.25, 0.3) is 0 Å².